The van der Waals surface area contributed by atoms with E-state index >= 15 is 0 Å². The van der Waals surface area contributed by atoms with Gasteiger partial charge in [-0.25, -0.2) is 4.79 Å². The summed E-state index contributed by atoms with van der Waals surface area (Å²) in [7, 11) is 0. The molecular weight excluding hydrogens is 346 g/mol. The second-order valence-corrected chi connectivity index (χ2v) is 7.18. The Hall–Kier alpha value is -3.09. The zero-order valence-corrected chi connectivity index (χ0v) is 15.8. The number of benzene rings is 1. The van der Waals surface area contributed by atoms with E-state index < -0.39 is 17.6 Å². The highest BCUT2D eigenvalue weighted by atomic mass is 16.6. The molecule has 0 unspecified atom stereocenters. The third-order valence-corrected chi connectivity index (χ3v) is 3.70. The molecule has 144 valence electrons. The van der Waals surface area contributed by atoms with Crippen molar-refractivity contribution in [1.29, 1.82) is 0 Å². The van der Waals surface area contributed by atoms with Crippen molar-refractivity contribution in [3.05, 3.63) is 53.8 Å². The third kappa shape index (κ3) is 6.29. The van der Waals surface area contributed by atoms with Crippen molar-refractivity contribution in [3.8, 4) is 0 Å². The van der Waals surface area contributed by atoms with Gasteiger partial charge in [0.1, 0.15) is 11.3 Å². The van der Waals surface area contributed by atoms with Gasteiger partial charge in [0, 0.05) is 17.8 Å². The van der Waals surface area contributed by atoms with Crippen LogP contribution < -0.4 is 16.0 Å². The zero-order valence-electron chi connectivity index (χ0n) is 15.8. The van der Waals surface area contributed by atoms with Crippen molar-refractivity contribution in [2.75, 3.05) is 5.32 Å². The highest BCUT2D eigenvalue weighted by molar-refractivity contribution is 6.04. The predicted octanol–water partition coefficient (Wildman–Crippen LogP) is 3.00. The number of allylic oxidation sites excluding steroid dienone is 1. The SMILES string of the molecule is C=C1CC/C=C(/NC(=O)OC(C)(C)C)C(=O)NCc2ccccc2NC1=O. The Balaban J connectivity index is 2.23. The van der Waals surface area contributed by atoms with E-state index in [9.17, 15) is 14.4 Å². The lowest BCUT2D eigenvalue weighted by molar-refractivity contribution is -0.118. The third-order valence-electron chi connectivity index (χ3n) is 3.70. The van der Waals surface area contributed by atoms with E-state index in [4.69, 9.17) is 4.74 Å². The first-order valence-corrected chi connectivity index (χ1v) is 8.71. The molecule has 0 saturated heterocycles. The van der Waals surface area contributed by atoms with E-state index in [-0.39, 0.29) is 18.1 Å². The summed E-state index contributed by atoms with van der Waals surface area (Å²) in [4.78, 5) is 36.8. The summed E-state index contributed by atoms with van der Waals surface area (Å²) in [5, 5.41) is 8.05. The van der Waals surface area contributed by atoms with Gasteiger partial charge >= 0.3 is 6.09 Å². The molecule has 0 spiro atoms. The van der Waals surface area contributed by atoms with Crippen molar-refractivity contribution < 1.29 is 19.1 Å². The molecular formula is C20H25N3O4. The van der Waals surface area contributed by atoms with Crippen LogP contribution in [0.4, 0.5) is 10.5 Å². The van der Waals surface area contributed by atoms with E-state index in [2.05, 4.69) is 22.5 Å². The molecule has 3 amide bonds. The lowest BCUT2D eigenvalue weighted by atomic mass is 10.1. The first-order valence-electron chi connectivity index (χ1n) is 8.71. The van der Waals surface area contributed by atoms with E-state index in [1.54, 1.807) is 45.0 Å². The molecule has 2 rings (SSSR count). The van der Waals surface area contributed by atoms with Gasteiger partial charge in [-0.2, -0.15) is 0 Å². The van der Waals surface area contributed by atoms with Crippen LogP contribution in [0.25, 0.3) is 0 Å². The molecule has 0 aliphatic carbocycles. The van der Waals surface area contributed by atoms with Crippen LogP contribution in [-0.4, -0.2) is 23.5 Å². The minimum atomic E-state index is -0.715. The highest BCUT2D eigenvalue weighted by Crippen LogP contribution is 2.18. The molecule has 1 heterocycles. The molecule has 0 atom stereocenters. The Labute approximate surface area is 158 Å². The summed E-state index contributed by atoms with van der Waals surface area (Å²) in [6.45, 7) is 9.20. The van der Waals surface area contributed by atoms with Gasteiger partial charge in [-0.3, -0.25) is 14.9 Å². The van der Waals surface area contributed by atoms with E-state index in [0.29, 0.717) is 24.1 Å². The Kier molecular flexibility index (Phi) is 6.39. The number of carbonyl (C=O) groups is 3. The monoisotopic (exact) mass is 371 g/mol. The van der Waals surface area contributed by atoms with Crippen molar-refractivity contribution in [3.63, 3.8) is 0 Å². The van der Waals surface area contributed by atoms with E-state index in [1.807, 2.05) is 6.07 Å². The molecule has 1 aromatic rings. The quantitative estimate of drug-likeness (QED) is 0.661. The van der Waals surface area contributed by atoms with Gasteiger partial charge in [-0.15, -0.1) is 0 Å². The van der Waals surface area contributed by atoms with E-state index in [0.717, 1.165) is 5.56 Å². The number of carbonyl (C=O) groups excluding carboxylic acids is 3. The molecule has 0 saturated carbocycles. The van der Waals surface area contributed by atoms with Gasteiger partial charge < -0.3 is 15.4 Å². The molecule has 7 nitrogen and oxygen atoms in total. The van der Waals surface area contributed by atoms with Gasteiger partial charge in [-0.1, -0.05) is 30.9 Å². The van der Waals surface area contributed by atoms with Gasteiger partial charge in [0.05, 0.1) is 0 Å². The standard InChI is InChI=1S/C20H25N3O4/c1-13-8-7-11-16(23-19(26)27-20(2,3)4)18(25)21-12-14-9-5-6-10-15(14)22-17(13)24/h5-6,9-11H,1,7-8,12H2,2-4H3,(H,21,25)(H,22,24)(H,23,26)/b16-11+. The predicted molar refractivity (Wildman–Crippen MR) is 103 cm³/mol. The highest BCUT2D eigenvalue weighted by Gasteiger charge is 2.20. The van der Waals surface area contributed by atoms with Crippen LogP contribution in [0.2, 0.25) is 0 Å². The molecule has 0 fully saturated rings. The van der Waals surface area contributed by atoms with Gasteiger partial charge in [-0.05, 0) is 45.2 Å². The summed E-state index contributed by atoms with van der Waals surface area (Å²) in [6.07, 6.45) is 1.56. The second kappa shape index (κ2) is 8.53. The molecule has 3 N–H and O–H groups in total. The number of rotatable bonds is 1. The number of ether oxygens (including phenoxy) is 1. The van der Waals surface area contributed by atoms with Crippen LogP contribution >= 0.6 is 0 Å². The van der Waals surface area contributed by atoms with Gasteiger partial charge in [0.15, 0.2) is 0 Å². The van der Waals surface area contributed by atoms with E-state index in [1.165, 1.54) is 0 Å². The number of fused-ring (bicyclic) bond motifs is 1. The van der Waals surface area contributed by atoms with Crippen LogP contribution in [0.3, 0.4) is 0 Å². The zero-order chi connectivity index (χ0) is 20.0. The fourth-order valence-electron chi connectivity index (χ4n) is 2.40. The fourth-order valence-corrected chi connectivity index (χ4v) is 2.40. The maximum atomic E-state index is 12.5. The number of para-hydroxylation sites is 1. The molecule has 1 aliphatic rings. The van der Waals surface area contributed by atoms with Crippen molar-refractivity contribution in [1.82, 2.24) is 10.6 Å². The summed E-state index contributed by atoms with van der Waals surface area (Å²) >= 11 is 0. The number of anilines is 1. The Morgan fingerprint density at radius 1 is 1.19 bits per heavy atom. The average molecular weight is 371 g/mol. The Morgan fingerprint density at radius 2 is 1.89 bits per heavy atom. The molecule has 0 bridgehead atoms. The first kappa shape index (κ1) is 20.2. The molecule has 27 heavy (non-hydrogen) atoms. The smallest absolute Gasteiger partial charge is 0.412 e. The van der Waals surface area contributed by atoms with Crippen LogP contribution in [0.15, 0.2) is 48.2 Å². The number of hydrogen-bond acceptors (Lipinski definition) is 4. The number of hydrogen-bond donors (Lipinski definition) is 3. The Morgan fingerprint density at radius 3 is 2.59 bits per heavy atom. The van der Waals surface area contributed by atoms with Crippen LogP contribution in [0.1, 0.15) is 39.2 Å². The number of nitrogens with one attached hydrogen (secondary N) is 3. The average Bonchev–Trinajstić information content (AvgIpc) is 2.57. The molecule has 7 heteroatoms. The van der Waals surface area contributed by atoms with Crippen molar-refractivity contribution >= 4 is 23.6 Å². The normalized spacial score (nSPS) is 17.9. The maximum Gasteiger partial charge on any atom is 0.412 e. The summed E-state index contributed by atoms with van der Waals surface area (Å²) in [5.41, 5.74) is 1.13. The van der Waals surface area contributed by atoms with Gasteiger partial charge in [0.25, 0.3) is 11.8 Å². The fraction of sp³-hybridized carbons (Fsp3) is 0.350. The molecule has 1 aliphatic heterocycles. The molecule has 1 aromatic carbocycles. The van der Waals surface area contributed by atoms with Crippen molar-refractivity contribution in [2.24, 2.45) is 0 Å². The molecule has 0 radical (unpaired) electrons. The summed E-state index contributed by atoms with van der Waals surface area (Å²) in [6, 6.07) is 7.17. The minimum Gasteiger partial charge on any atom is -0.444 e. The maximum absolute atomic E-state index is 12.5. The van der Waals surface area contributed by atoms with Crippen LogP contribution in [0, 0.1) is 0 Å². The Bertz CT molecular complexity index is 791. The minimum absolute atomic E-state index is 0.0792. The topological polar surface area (TPSA) is 96.5 Å². The summed E-state index contributed by atoms with van der Waals surface area (Å²) < 4.78 is 5.20. The van der Waals surface area contributed by atoms with Crippen LogP contribution in [0.5, 0.6) is 0 Å². The lowest BCUT2D eigenvalue weighted by Gasteiger charge is -2.21. The first-order chi connectivity index (χ1) is 12.7. The molecule has 0 aromatic heterocycles. The van der Waals surface area contributed by atoms with Crippen LogP contribution in [-0.2, 0) is 20.9 Å². The number of amides is 3. The summed E-state index contributed by atoms with van der Waals surface area (Å²) in [5.74, 6) is -0.711. The van der Waals surface area contributed by atoms with Gasteiger partial charge in [0.2, 0.25) is 0 Å². The van der Waals surface area contributed by atoms with Crippen molar-refractivity contribution in [2.45, 2.75) is 45.8 Å². The largest absolute Gasteiger partial charge is 0.444 e. The number of alkyl carbamates (subject to hydrolysis) is 1. The lowest BCUT2D eigenvalue weighted by Crippen LogP contribution is -2.38. The second-order valence-electron chi connectivity index (χ2n) is 7.18.